The van der Waals surface area contributed by atoms with Gasteiger partial charge in [0.1, 0.15) is 10.8 Å². The van der Waals surface area contributed by atoms with Gasteiger partial charge in [0.15, 0.2) is 0 Å². The van der Waals surface area contributed by atoms with Crippen LogP contribution < -0.4 is 21.7 Å². The van der Waals surface area contributed by atoms with Crippen LogP contribution in [-0.4, -0.2) is 16.7 Å². The minimum Gasteiger partial charge on any atom is -0.496 e. The number of nitrogens with two attached hydrogens (primary N) is 1. The van der Waals surface area contributed by atoms with Crippen LogP contribution in [0.4, 0.5) is 5.69 Å². The second-order valence-corrected chi connectivity index (χ2v) is 4.34. The number of aromatic amines is 1. The lowest BCUT2D eigenvalue weighted by atomic mass is 10.1. The van der Waals surface area contributed by atoms with Crippen molar-refractivity contribution in [2.75, 3.05) is 12.8 Å². The van der Waals surface area contributed by atoms with E-state index in [0.717, 1.165) is 0 Å². The molecule has 1 heterocycles. The van der Waals surface area contributed by atoms with Crippen molar-refractivity contribution < 1.29 is 4.74 Å². The van der Waals surface area contributed by atoms with Crippen molar-refractivity contribution in [2.45, 2.75) is 6.54 Å². The van der Waals surface area contributed by atoms with E-state index in [1.54, 1.807) is 18.2 Å². The van der Waals surface area contributed by atoms with E-state index in [2.05, 4.69) is 4.98 Å². The maximum atomic E-state index is 11.7. The first-order chi connectivity index (χ1) is 9.01. The fourth-order valence-corrected chi connectivity index (χ4v) is 1.87. The molecule has 2 aromatic rings. The summed E-state index contributed by atoms with van der Waals surface area (Å²) in [5.41, 5.74) is 5.82. The van der Waals surface area contributed by atoms with Crippen LogP contribution >= 0.6 is 11.6 Å². The van der Waals surface area contributed by atoms with Crippen molar-refractivity contribution in [2.24, 2.45) is 0 Å². The molecule has 0 amide bonds. The lowest BCUT2D eigenvalue weighted by Gasteiger charge is -2.11. The number of nitrogens with zero attached hydrogens (tertiary/aromatic N) is 1. The topological polar surface area (TPSA) is 90.1 Å². The third kappa shape index (κ3) is 2.79. The summed E-state index contributed by atoms with van der Waals surface area (Å²) in [4.78, 5) is 25.0. The molecule has 0 unspecified atom stereocenters. The monoisotopic (exact) mass is 281 g/mol. The van der Waals surface area contributed by atoms with Gasteiger partial charge in [0.25, 0.3) is 5.56 Å². The van der Waals surface area contributed by atoms with Crippen molar-refractivity contribution >= 4 is 17.3 Å². The van der Waals surface area contributed by atoms with Gasteiger partial charge in [-0.3, -0.25) is 14.3 Å². The molecule has 19 heavy (non-hydrogen) atoms. The molecule has 0 aliphatic carbocycles. The van der Waals surface area contributed by atoms with Crippen LogP contribution in [0.3, 0.4) is 0 Å². The van der Waals surface area contributed by atoms with Gasteiger partial charge in [-0.05, 0) is 18.2 Å². The van der Waals surface area contributed by atoms with Gasteiger partial charge >= 0.3 is 5.69 Å². The largest absolute Gasteiger partial charge is 0.496 e. The van der Waals surface area contributed by atoms with Gasteiger partial charge in [-0.15, -0.1) is 0 Å². The number of hydrogen-bond donors (Lipinski definition) is 2. The summed E-state index contributed by atoms with van der Waals surface area (Å²) in [7, 11) is 1.53. The number of nitrogen functional groups attached to an aromatic ring is 1. The summed E-state index contributed by atoms with van der Waals surface area (Å²) in [6.07, 6.45) is 1.28. The summed E-state index contributed by atoms with van der Waals surface area (Å²) < 4.78 is 6.47. The number of aromatic nitrogens is 2. The maximum absolute atomic E-state index is 11.7. The standard InChI is InChI=1S/C12H12ClN3O3/c1-19-10-3-2-8(14)4-7(10)5-16-6-9(13)11(17)15-12(16)18/h2-4,6H,5,14H2,1H3,(H,15,17,18). The maximum Gasteiger partial charge on any atom is 0.328 e. The number of H-pyrrole nitrogens is 1. The van der Waals surface area contributed by atoms with Crippen molar-refractivity contribution in [3.8, 4) is 5.75 Å². The van der Waals surface area contributed by atoms with Gasteiger partial charge in [0, 0.05) is 17.4 Å². The minimum absolute atomic E-state index is 0.0533. The van der Waals surface area contributed by atoms with Crippen molar-refractivity contribution in [3.05, 3.63) is 55.8 Å². The summed E-state index contributed by atoms with van der Waals surface area (Å²) in [5.74, 6) is 0.600. The number of benzene rings is 1. The molecule has 0 aliphatic rings. The zero-order chi connectivity index (χ0) is 14.0. The van der Waals surface area contributed by atoms with Crippen LogP contribution in [-0.2, 0) is 6.54 Å². The van der Waals surface area contributed by atoms with Gasteiger partial charge in [-0.25, -0.2) is 4.79 Å². The van der Waals surface area contributed by atoms with E-state index < -0.39 is 11.2 Å². The molecule has 3 N–H and O–H groups in total. The second kappa shape index (κ2) is 5.19. The average molecular weight is 282 g/mol. The molecule has 0 radical (unpaired) electrons. The lowest BCUT2D eigenvalue weighted by Crippen LogP contribution is -2.30. The Labute approximate surface area is 113 Å². The molecule has 0 aliphatic heterocycles. The summed E-state index contributed by atoms with van der Waals surface area (Å²) in [5, 5.41) is -0.0533. The molecule has 1 aromatic carbocycles. The molecule has 0 saturated heterocycles. The Bertz CT molecular complexity index is 721. The molecule has 2 rings (SSSR count). The summed E-state index contributed by atoms with van der Waals surface area (Å²) in [6, 6.07) is 5.11. The zero-order valence-electron chi connectivity index (χ0n) is 10.1. The molecule has 0 spiro atoms. The molecular formula is C12H12ClN3O3. The average Bonchev–Trinajstić information content (AvgIpc) is 2.36. The Hall–Kier alpha value is -2.21. The molecular weight excluding hydrogens is 270 g/mol. The molecule has 100 valence electrons. The van der Waals surface area contributed by atoms with E-state index in [1.807, 2.05) is 0 Å². The highest BCUT2D eigenvalue weighted by atomic mass is 35.5. The quantitative estimate of drug-likeness (QED) is 0.816. The van der Waals surface area contributed by atoms with Gasteiger partial charge in [0.05, 0.1) is 13.7 Å². The SMILES string of the molecule is COc1ccc(N)cc1Cn1cc(Cl)c(=O)[nH]c1=O. The van der Waals surface area contributed by atoms with Crippen LogP contribution in [0.1, 0.15) is 5.56 Å². The van der Waals surface area contributed by atoms with Gasteiger partial charge in [-0.2, -0.15) is 0 Å². The number of rotatable bonds is 3. The number of anilines is 1. The number of hydrogen-bond acceptors (Lipinski definition) is 4. The van der Waals surface area contributed by atoms with Crippen molar-refractivity contribution in [1.29, 1.82) is 0 Å². The lowest BCUT2D eigenvalue weighted by molar-refractivity contribution is 0.408. The number of ether oxygens (including phenoxy) is 1. The van der Waals surface area contributed by atoms with Crippen LogP contribution in [0.5, 0.6) is 5.75 Å². The van der Waals surface area contributed by atoms with E-state index in [1.165, 1.54) is 17.9 Å². The molecule has 0 atom stereocenters. The number of methoxy groups -OCH3 is 1. The highest BCUT2D eigenvalue weighted by molar-refractivity contribution is 6.30. The van der Waals surface area contributed by atoms with E-state index in [0.29, 0.717) is 17.0 Å². The predicted octanol–water partition coefficient (Wildman–Crippen LogP) is 0.829. The Morgan fingerprint density at radius 3 is 2.84 bits per heavy atom. The zero-order valence-corrected chi connectivity index (χ0v) is 10.9. The molecule has 0 fully saturated rings. The highest BCUT2D eigenvalue weighted by Crippen LogP contribution is 2.21. The van der Waals surface area contributed by atoms with Gasteiger partial charge in [0.2, 0.25) is 0 Å². The fourth-order valence-electron chi connectivity index (χ4n) is 1.71. The van der Waals surface area contributed by atoms with Gasteiger partial charge in [-0.1, -0.05) is 11.6 Å². The Kier molecular flexibility index (Phi) is 3.62. The van der Waals surface area contributed by atoms with Crippen LogP contribution in [0.25, 0.3) is 0 Å². The molecule has 0 saturated carbocycles. The van der Waals surface area contributed by atoms with Crippen LogP contribution in [0.2, 0.25) is 5.02 Å². The normalized spacial score (nSPS) is 10.4. The summed E-state index contributed by atoms with van der Waals surface area (Å²) >= 11 is 5.70. The number of nitrogens with one attached hydrogen (secondary N) is 1. The fraction of sp³-hybridized carbons (Fsp3) is 0.167. The van der Waals surface area contributed by atoms with Crippen LogP contribution in [0.15, 0.2) is 34.0 Å². The molecule has 7 heteroatoms. The van der Waals surface area contributed by atoms with Gasteiger partial charge < -0.3 is 10.5 Å². The van der Waals surface area contributed by atoms with E-state index in [9.17, 15) is 9.59 Å². The summed E-state index contributed by atoms with van der Waals surface area (Å²) in [6.45, 7) is 0.198. The number of halogens is 1. The molecule has 6 nitrogen and oxygen atoms in total. The Balaban J connectivity index is 2.47. The van der Waals surface area contributed by atoms with E-state index in [4.69, 9.17) is 22.1 Å². The second-order valence-electron chi connectivity index (χ2n) is 3.94. The Morgan fingerprint density at radius 1 is 1.42 bits per heavy atom. The van der Waals surface area contributed by atoms with Crippen molar-refractivity contribution in [1.82, 2.24) is 9.55 Å². The third-order valence-corrected chi connectivity index (χ3v) is 2.88. The smallest absolute Gasteiger partial charge is 0.328 e. The van der Waals surface area contributed by atoms with Crippen LogP contribution in [0, 0.1) is 0 Å². The molecule has 1 aromatic heterocycles. The highest BCUT2D eigenvalue weighted by Gasteiger charge is 2.07. The first kappa shape index (κ1) is 13.2. The van der Waals surface area contributed by atoms with Crippen molar-refractivity contribution in [3.63, 3.8) is 0 Å². The predicted molar refractivity (Wildman–Crippen MR) is 72.8 cm³/mol. The molecule has 0 bridgehead atoms. The third-order valence-electron chi connectivity index (χ3n) is 2.61. The first-order valence-corrected chi connectivity index (χ1v) is 5.80. The van der Waals surface area contributed by atoms with E-state index in [-0.39, 0.29) is 11.6 Å². The first-order valence-electron chi connectivity index (χ1n) is 5.43. The minimum atomic E-state index is -0.609. The van der Waals surface area contributed by atoms with E-state index >= 15 is 0 Å². The Morgan fingerprint density at radius 2 is 2.16 bits per heavy atom.